The molecule has 0 spiro atoms. The van der Waals surface area contributed by atoms with E-state index < -0.39 is 0 Å². The molecule has 0 aliphatic rings. The molecule has 1 N–H and O–H groups in total. The summed E-state index contributed by atoms with van der Waals surface area (Å²) in [4.78, 5) is 17.6. The number of anilines is 1. The van der Waals surface area contributed by atoms with Crippen molar-refractivity contribution in [2.45, 2.75) is 13.3 Å². The van der Waals surface area contributed by atoms with E-state index in [2.05, 4.69) is 10.3 Å². The zero-order valence-electron chi connectivity index (χ0n) is 13.7. The van der Waals surface area contributed by atoms with Crippen LogP contribution < -0.4 is 14.8 Å². The molecule has 0 unspecified atom stereocenters. The van der Waals surface area contributed by atoms with Crippen molar-refractivity contribution in [1.29, 1.82) is 0 Å². The molecule has 2 heterocycles. The summed E-state index contributed by atoms with van der Waals surface area (Å²) in [6.45, 7) is 2.55. The van der Waals surface area contributed by atoms with Gasteiger partial charge in [0, 0.05) is 5.38 Å². The molecular weight excluding hydrogens is 356 g/mol. The molecule has 0 aliphatic heterocycles. The molecule has 1 aromatic carbocycles. The maximum absolute atomic E-state index is 12.1. The largest absolute Gasteiger partial charge is 0.490 e. The van der Waals surface area contributed by atoms with Gasteiger partial charge in [-0.25, -0.2) is 4.98 Å². The number of hydrogen-bond donors (Lipinski definition) is 1. The normalized spacial score (nSPS) is 10.4. The zero-order chi connectivity index (χ0) is 17.5. The van der Waals surface area contributed by atoms with Crippen molar-refractivity contribution in [3.8, 4) is 22.1 Å². The summed E-state index contributed by atoms with van der Waals surface area (Å²) < 4.78 is 11.2. The number of thiophene rings is 1. The Morgan fingerprint density at radius 2 is 1.92 bits per heavy atom. The maximum Gasteiger partial charge on any atom is 0.264 e. The minimum atomic E-state index is -0.252. The van der Waals surface area contributed by atoms with Crippen LogP contribution in [0, 0.1) is 0 Å². The second kappa shape index (κ2) is 8.64. The molecule has 5 nitrogen and oxygen atoms in total. The van der Waals surface area contributed by atoms with E-state index in [0.29, 0.717) is 23.2 Å². The number of thiazole rings is 1. The SMILES string of the molecule is CCCOc1ccccc1OCC(=O)Nc1nc(-c2cccs2)cs1. The highest BCUT2D eigenvalue weighted by Crippen LogP contribution is 2.29. The van der Waals surface area contributed by atoms with Gasteiger partial charge in [0.2, 0.25) is 0 Å². The Labute approximate surface area is 154 Å². The first-order valence-corrected chi connectivity index (χ1v) is 9.66. The third-order valence-electron chi connectivity index (χ3n) is 3.19. The first-order chi connectivity index (χ1) is 12.3. The number of amides is 1. The number of nitrogens with one attached hydrogen (secondary N) is 1. The van der Waals surface area contributed by atoms with Crippen LogP contribution in [0.2, 0.25) is 0 Å². The van der Waals surface area contributed by atoms with Gasteiger partial charge in [-0.15, -0.1) is 22.7 Å². The lowest BCUT2D eigenvalue weighted by molar-refractivity contribution is -0.118. The first kappa shape index (κ1) is 17.4. The van der Waals surface area contributed by atoms with Crippen LogP contribution in [0.25, 0.3) is 10.6 Å². The van der Waals surface area contributed by atoms with Crippen molar-refractivity contribution in [2.24, 2.45) is 0 Å². The van der Waals surface area contributed by atoms with E-state index in [1.54, 1.807) is 17.4 Å². The van der Waals surface area contributed by atoms with Crippen LogP contribution in [0.4, 0.5) is 5.13 Å². The van der Waals surface area contributed by atoms with Crippen molar-refractivity contribution in [3.63, 3.8) is 0 Å². The Morgan fingerprint density at radius 1 is 1.12 bits per heavy atom. The van der Waals surface area contributed by atoms with E-state index in [0.717, 1.165) is 17.0 Å². The molecule has 3 rings (SSSR count). The molecule has 0 radical (unpaired) electrons. The van der Waals surface area contributed by atoms with Gasteiger partial charge in [0.05, 0.1) is 17.2 Å². The average molecular weight is 374 g/mol. The van der Waals surface area contributed by atoms with Gasteiger partial charge in [-0.1, -0.05) is 25.1 Å². The molecule has 0 bridgehead atoms. The summed E-state index contributed by atoms with van der Waals surface area (Å²) in [5, 5.41) is 7.25. The van der Waals surface area contributed by atoms with Gasteiger partial charge in [0.15, 0.2) is 23.2 Å². The van der Waals surface area contributed by atoms with Gasteiger partial charge in [0.25, 0.3) is 5.91 Å². The fourth-order valence-corrected chi connectivity index (χ4v) is 3.56. The van der Waals surface area contributed by atoms with E-state index in [-0.39, 0.29) is 12.5 Å². The van der Waals surface area contributed by atoms with E-state index in [4.69, 9.17) is 9.47 Å². The third kappa shape index (κ3) is 4.80. The summed E-state index contributed by atoms with van der Waals surface area (Å²) in [6.07, 6.45) is 0.908. The lowest BCUT2D eigenvalue weighted by atomic mass is 10.3. The predicted molar refractivity (Wildman–Crippen MR) is 102 cm³/mol. The number of aromatic nitrogens is 1. The molecule has 0 atom stereocenters. The molecule has 2 aromatic heterocycles. The zero-order valence-corrected chi connectivity index (χ0v) is 15.4. The van der Waals surface area contributed by atoms with Gasteiger partial charge in [-0.05, 0) is 30.0 Å². The Balaban J connectivity index is 1.55. The maximum atomic E-state index is 12.1. The van der Waals surface area contributed by atoms with Crippen molar-refractivity contribution in [2.75, 3.05) is 18.5 Å². The van der Waals surface area contributed by atoms with Crippen molar-refractivity contribution in [1.82, 2.24) is 4.98 Å². The van der Waals surface area contributed by atoms with Gasteiger partial charge >= 0.3 is 0 Å². The summed E-state index contributed by atoms with van der Waals surface area (Å²) in [5.41, 5.74) is 0.870. The lowest BCUT2D eigenvalue weighted by Gasteiger charge is -2.11. The lowest BCUT2D eigenvalue weighted by Crippen LogP contribution is -2.20. The predicted octanol–water partition coefficient (Wildman–Crippen LogP) is 4.68. The molecule has 0 saturated heterocycles. The number of hydrogen-bond acceptors (Lipinski definition) is 6. The summed E-state index contributed by atoms with van der Waals surface area (Å²) in [7, 11) is 0. The highest BCUT2D eigenvalue weighted by Gasteiger charge is 2.11. The van der Waals surface area contributed by atoms with Crippen molar-refractivity contribution >= 4 is 33.7 Å². The highest BCUT2D eigenvalue weighted by atomic mass is 32.1. The third-order valence-corrected chi connectivity index (χ3v) is 4.84. The van der Waals surface area contributed by atoms with Crippen LogP contribution >= 0.6 is 22.7 Å². The van der Waals surface area contributed by atoms with E-state index in [1.165, 1.54) is 11.3 Å². The molecule has 3 aromatic rings. The second-order valence-electron chi connectivity index (χ2n) is 5.15. The molecule has 130 valence electrons. The van der Waals surface area contributed by atoms with Gasteiger partial charge in [0.1, 0.15) is 0 Å². The minimum Gasteiger partial charge on any atom is -0.490 e. The smallest absolute Gasteiger partial charge is 0.264 e. The number of carbonyl (C=O) groups is 1. The molecular formula is C18H18N2O3S2. The first-order valence-electron chi connectivity index (χ1n) is 7.90. The molecule has 25 heavy (non-hydrogen) atoms. The number of rotatable bonds is 8. The monoisotopic (exact) mass is 374 g/mol. The number of para-hydroxylation sites is 2. The number of carbonyl (C=O) groups excluding carboxylic acids is 1. The fourth-order valence-electron chi connectivity index (χ4n) is 2.07. The van der Waals surface area contributed by atoms with Gasteiger partial charge in [-0.3, -0.25) is 10.1 Å². The van der Waals surface area contributed by atoms with E-state index in [1.807, 2.05) is 48.0 Å². The summed E-state index contributed by atoms with van der Waals surface area (Å²) in [6, 6.07) is 11.3. The average Bonchev–Trinajstić information content (AvgIpc) is 3.30. The number of ether oxygens (including phenoxy) is 2. The fraction of sp³-hybridized carbons (Fsp3) is 0.222. The second-order valence-corrected chi connectivity index (χ2v) is 6.95. The van der Waals surface area contributed by atoms with Crippen LogP contribution in [-0.2, 0) is 4.79 Å². The molecule has 7 heteroatoms. The summed E-state index contributed by atoms with van der Waals surface area (Å²) in [5.74, 6) is 0.952. The Hall–Kier alpha value is -2.38. The number of benzene rings is 1. The van der Waals surface area contributed by atoms with Gasteiger partial charge < -0.3 is 9.47 Å². The molecule has 0 aliphatic carbocycles. The van der Waals surface area contributed by atoms with Crippen LogP contribution in [0.5, 0.6) is 11.5 Å². The Bertz CT molecular complexity index is 815. The minimum absolute atomic E-state index is 0.0968. The molecule has 0 saturated carbocycles. The summed E-state index contributed by atoms with van der Waals surface area (Å²) >= 11 is 3.01. The van der Waals surface area contributed by atoms with E-state index in [9.17, 15) is 4.79 Å². The quantitative estimate of drug-likeness (QED) is 0.622. The standard InChI is InChI=1S/C18H18N2O3S2/c1-2-9-22-14-6-3-4-7-15(14)23-11-17(21)20-18-19-13(12-25-18)16-8-5-10-24-16/h3-8,10,12H,2,9,11H2,1H3,(H,19,20,21). The Morgan fingerprint density at radius 3 is 2.64 bits per heavy atom. The Kier molecular flexibility index (Phi) is 6.03. The van der Waals surface area contributed by atoms with Crippen LogP contribution in [0.15, 0.2) is 47.2 Å². The van der Waals surface area contributed by atoms with Gasteiger partial charge in [-0.2, -0.15) is 0 Å². The van der Waals surface area contributed by atoms with E-state index >= 15 is 0 Å². The molecule has 1 amide bonds. The number of nitrogens with zero attached hydrogens (tertiary/aromatic N) is 1. The topological polar surface area (TPSA) is 60.5 Å². The molecule has 0 fully saturated rings. The van der Waals surface area contributed by atoms with Crippen molar-refractivity contribution in [3.05, 3.63) is 47.2 Å². The van der Waals surface area contributed by atoms with Crippen LogP contribution in [0.3, 0.4) is 0 Å². The van der Waals surface area contributed by atoms with Crippen LogP contribution in [0.1, 0.15) is 13.3 Å². The van der Waals surface area contributed by atoms with Crippen LogP contribution in [-0.4, -0.2) is 24.1 Å². The van der Waals surface area contributed by atoms with Crippen molar-refractivity contribution < 1.29 is 14.3 Å². The highest BCUT2D eigenvalue weighted by molar-refractivity contribution is 7.16.